The summed E-state index contributed by atoms with van der Waals surface area (Å²) in [6.45, 7) is 0. The van der Waals surface area contributed by atoms with E-state index in [-0.39, 0.29) is 6.10 Å². The lowest BCUT2D eigenvalue weighted by atomic mass is 9.98. The van der Waals surface area contributed by atoms with E-state index in [4.69, 9.17) is 5.11 Å². The summed E-state index contributed by atoms with van der Waals surface area (Å²) in [6.07, 6.45) is 6.44. The van der Waals surface area contributed by atoms with Crippen LogP contribution >= 0.6 is 0 Å². The Morgan fingerprint density at radius 1 is 1.29 bits per heavy atom. The largest absolute Gasteiger partial charge is 0.393 e. The highest BCUT2D eigenvalue weighted by atomic mass is 16.3. The Morgan fingerprint density at radius 2 is 1.86 bits per heavy atom. The smallest absolute Gasteiger partial charge is 0.0491 e. The van der Waals surface area contributed by atoms with Crippen LogP contribution < -0.4 is 0 Å². The first kappa shape index (κ1) is 5.10. The SMILES string of the molecule is OC1CC[CH-]CC1. The Hall–Kier alpha value is -0.0400. The van der Waals surface area contributed by atoms with Crippen LogP contribution in [-0.4, -0.2) is 11.2 Å². The van der Waals surface area contributed by atoms with Crippen molar-refractivity contribution in [1.82, 2.24) is 0 Å². The molecule has 0 heterocycles. The summed E-state index contributed by atoms with van der Waals surface area (Å²) < 4.78 is 0. The molecule has 1 N–H and O–H groups in total. The summed E-state index contributed by atoms with van der Waals surface area (Å²) in [5, 5.41) is 8.89. The monoisotopic (exact) mass is 99.1 g/mol. The molecule has 1 heteroatoms. The van der Waals surface area contributed by atoms with Crippen molar-refractivity contribution < 1.29 is 5.11 Å². The highest BCUT2D eigenvalue weighted by molar-refractivity contribution is 4.75. The third-order valence-corrected chi connectivity index (χ3v) is 1.41. The van der Waals surface area contributed by atoms with Crippen LogP contribution in [0.1, 0.15) is 25.7 Å². The van der Waals surface area contributed by atoms with Gasteiger partial charge in [-0.2, -0.15) is 12.8 Å². The van der Waals surface area contributed by atoms with Crippen LogP contribution in [0.2, 0.25) is 0 Å². The molecule has 1 nitrogen and oxygen atoms in total. The summed E-state index contributed by atoms with van der Waals surface area (Å²) in [5.41, 5.74) is 0. The van der Waals surface area contributed by atoms with Crippen molar-refractivity contribution in [2.45, 2.75) is 31.8 Å². The van der Waals surface area contributed by atoms with Gasteiger partial charge in [0.1, 0.15) is 0 Å². The predicted molar refractivity (Wildman–Crippen MR) is 28.8 cm³/mol. The lowest BCUT2D eigenvalue weighted by Crippen LogP contribution is -2.10. The molecule has 42 valence electrons. The van der Waals surface area contributed by atoms with Crippen molar-refractivity contribution in [3.63, 3.8) is 0 Å². The van der Waals surface area contributed by atoms with E-state index in [9.17, 15) is 0 Å². The minimum atomic E-state index is 0.00463. The maximum absolute atomic E-state index is 8.89. The van der Waals surface area contributed by atoms with Crippen LogP contribution in [0, 0.1) is 6.42 Å². The zero-order chi connectivity index (χ0) is 5.11. The molecule has 1 rings (SSSR count). The van der Waals surface area contributed by atoms with Crippen LogP contribution in [0.25, 0.3) is 0 Å². The predicted octanol–water partition coefficient (Wildman–Crippen LogP) is 1.13. The highest BCUT2D eigenvalue weighted by Crippen LogP contribution is 2.15. The summed E-state index contributed by atoms with van der Waals surface area (Å²) in [6, 6.07) is 0. The van der Waals surface area contributed by atoms with E-state index >= 15 is 0 Å². The fourth-order valence-corrected chi connectivity index (χ4v) is 0.909. The van der Waals surface area contributed by atoms with Gasteiger partial charge in [0.15, 0.2) is 0 Å². The van der Waals surface area contributed by atoms with E-state index in [0.29, 0.717) is 0 Å². The molecule has 1 aliphatic carbocycles. The first-order valence-electron chi connectivity index (χ1n) is 2.89. The number of hydrogen-bond acceptors (Lipinski definition) is 1. The summed E-state index contributed by atoms with van der Waals surface area (Å²) in [7, 11) is 0. The molecule has 0 spiro atoms. The van der Waals surface area contributed by atoms with Gasteiger partial charge >= 0.3 is 0 Å². The minimum absolute atomic E-state index is 0.00463. The summed E-state index contributed by atoms with van der Waals surface area (Å²) in [4.78, 5) is 0. The maximum atomic E-state index is 8.89. The molecule has 0 aromatic rings. The van der Waals surface area contributed by atoms with Gasteiger partial charge in [0.05, 0.1) is 0 Å². The second-order valence-corrected chi connectivity index (χ2v) is 2.10. The second-order valence-electron chi connectivity index (χ2n) is 2.10. The van der Waals surface area contributed by atoms with Crippen LogP contribution in [0.5, 0.6) is 0 Å². The van der Waals surface area contributed by atoms with Crippen LogP contribution in [-0.2, 0) is 0 Å². The minimum Gasteiger partial charge on any atom is -0.393 e. The molecule has 1 fully saturated rings. The molecule has 0 aliphatic heterocycles. The first-order valence-corrected chi connectivity index (χ1v) is 2.89. The molecular formula is C6H11O-. The third-order valence-electron chi connectivity index (χ3n) is 1.41. The van der Waals surface area contributed by atoms with Crippen molar-refractivity contribution in [2.75, 3.05) is 0 Å². The molecular weight excluding hydrogens is 88.1 g/mol. The molecule has 0 aromatic carbocycles. The fourth-order valence-electron chi connectivity index (χ4n) is 0.909. The van der Waals surface area contributed by atoms with E-state index in [0.717, 1.165) is 25.7 Å². The van der Waals surface area contributed by atoms with Gasteiger partial charge in [0, 0.05) is 6.10 Å². The van der Waals surface area contributed by atoms with Crippen molar-refractivity contribution in [1.29, 1.82) is 0 Å². The zero-order valence-corrected chi connectivity index (χ0v) is 4.43. The van der Waals surface area contributed by atoms with Gasteiger partial charge in [-0.05, 0) is 0 Å². The van der Waals surface area contributed by atoms with Crippen molar-refractivity contribution in [2.24, 2.45) is 0 Å². The fraction of sp³-hybridized carbons (Fsp3) is 0.833. The third kappa shape index (κ3) is 1.48. The van der Waals surface area contributed by atoms with Gasteiger partial charge < -0.3 is 11.5 Å². The van der Waals surface area contributed by atoms with E-state index in [1.54, 1.807) is 0 Å². The molecule has 7 heavy (non-hydrogen) atoms. The highest BCUT2D eigenvalue weighted by Gasteiger charge is 2.01. The average Bonchev–Trinajstić information content (AvgIpc) is 1.69. The van der Waals surface area contributed by atoms with Crippen molar-refractivity contribution in [3.05, 3.63) is 6.42 Å². The number of aliphatic hydroxyl groups excluding tert-OH is 1. The Morgan fingerprint density at radius 3 is 2.14 bits per heavy atom. The molecule has 0 amide bonds. The quantitative estimate of drug-likeness (QED) is 0.451. The van der Waals surface area contributed by atoms with Crippen molar-refractivity contribution >= 4 is 0 Å². The Bertz CT molecular complexity index is 46.1. The van der Waals surface area contributed by atoms with E-state index < -0.39 is 0 Å². The van der Waals surface area contributed by atoms with Gasteiger partial charge in [-0.1, -0.05) is 12.8 Å². The molecule has 0 bridgehead atoms. The standard InChI is InChI=1S/C6H11O/c7-6-4-2-1-3-5-6/h1,6-7H,2-5H2/q-1. The lowest BCUT2D eigenvalue weighted by Gasteiger charge is -2.22. The normalized spacial score (nSPS) is 25.3. The molecule has 0 atom stereocenters. The van der Waals surface area contributed by atoms with Gasteiger partial charge in [0.25, 0.3) is 0 Å². The van der Waals surface area contributed by atoms with E-state index in [1.165, 1.54) is 0 Å². The van der Waals surface area contributed by atoms with Crippen LogP contribution in [0.15, 0.2) is 0 Å². The average molecular weight is 99.2 g/mol. The van der Waals surface area contributed by atoms with E-state index in [1.807, 2.05) is 0 Å². The van der Waals surface area contributed by atoms with E-state index in [2.05, 4.69) is 6.42 Å². The molecule has 0 saturated heterocycles. The van der Waals surface area contributed by atoms with Crippen LogP contribution in [0.4, 0.5) is 0 Å². The molecule has 1 aliphatic rings. The zero-order valence-electron chi connectivity index (χ0n) is 4.43. The van der Waals surface area contributed by atoms with Gasteiger partial charge in [-0.25, -0.2) is 0 Å². The number of rotatable bonds is 0. The second kappa shape index (κ2) is 2.31. The number of aliphatic hydroxyl groups is 1. The first-order chi connectivity index (χ1) is 3.39. The Kier molecular flexibility index (Phi) is 1.69. The molecule has 0 radical (unpaired) electrons. The number of hydrogen-bond donors (Lipinski definition) is 1. The van der Waals surface area contributed by atoms with Gasteiger partial charge in [-0.3, -0.25) is 0 Å². The topological polar surface area (TPSA) is 20.2 Å². The molecule has 1 saturated carbocycles. The Balaban J connectivity index is 2.12. The van der Waals surface area contributed by atoms with Crippen molar-refractivity contribution in [3.8, 4) is 0 Å². The van der Waals surface area contributed by atoms with Gasteiger partial charge in [0.2, 0.25) is 0 Å². The lowest BCUT2D eigenvalue weighted by molar-refractivity contribution is 0.142. The molecule has 0 aromatic heterocycles. The molecule has 0 unspecified atom stereocenters. The van der Waals surface area contributed by atoms with Gasteiger partial charge in [-0.15, -0.1) is 0 Å². The maximum Gasteiger partial charge on any atom is 0.0491 e. The summed E-state index contributed by atoms with van der Waals surface area (Å²) in [5.74, 6) is 0. The Labute approximate surface area is 44.4 Å². The van der Waals surface area contributed by atoms with Crippen LogP contribution in [0.3, 0.4) is 0 Å². The summed E-state index contributed by atoms with van der Waals surface area (Å²) >= 11 is 0.